The lowest BCUT2D eigenvalue weighted by atomic mass is 10.2. The van der Waals surface area contributed by atoms with Crippen molar-refractivity contribution in [1.29, 1.82) is 0 Å². The first-order chi connectivity index (χ1) is 13.9. The first-order valence-electron chi connectivity index (χ1n) is 8.22. The number of carboxylic acids is 1. The maximum absolute atomic E-state index is 12.0. The molecule has 0 spiro atoms. The zero-order valence-corrected chi connectivity index (χ0v) is 15.6. The summed E-state index contributed by atoms with van der Waals surface area (Å²) in [5.74, 6) is -2.40. The molecule has 0 bridgehead atoms. The number of methoxy groups -OCH3 is 2. The van der Waals surface area contributed by atoms with Crippen molar-refractivity contribution in [2.24, 2.45) is 5.10 Å². The van der Waals surface area contributed by atoms with Gasteiger partial charge in [0.1, 0.15) is 12.4 Å². The maximum atomic E-state index is 12.0. The summed E-state index contributed by atoms with van der Waals surface area (Å²) in [5.41, 5.74) is 2.95. The number of hydrazone groups is 1. The van der Waals surface area contributed by atoms with Crippen molar-refractivity contribution in [1.82, 2.24) is 5.43 Å². The Hall–Kier alpha value is -4.08. The number of anilines is 1. The number of benzene rings is 2. The molecule has 0 saturated carbocycles. The Morgan fingerprint density at radius 2 is 1.72 bits per heavy atom. The molecule has 152 valence electrons. The Morgan fingerprint density at radius 3 is 2.41 bits per heavy atom. The van der Waals surface area contributed by atoms with E-state index in [2.05, 4.69) is 15.8 Å². The van der Waals surface area contributed by atoms with E-state index in [0.717, 1.165) is 0 Å². The van der Waals surface area contributed by atoms with E-state index in [1.165, 1.54) is 32.6 Å². The number of carbonyl (C=O) groups is 3. The SMILES string of the molecule is COc1ccccc1NC(=O)C(=O)N/N=C\c1ccc(OCC(=O)[O-])c(OC)c1. The summed E-state index contributed by atoms with van der Waals surface area (Å²) in [5, 5.41) is 16.6. The lowest BCUT2D eigenvalue weighted by Gasteiger charge is -2.11. The standard InChI is InChI=1S/C19H19N3O7/c1-27-14-6-4-3-5-13(14)21-18(25)19(26)22-20-10-12-7-8-15(16(9-12)28-2)29-11-17(23)24/h3-10H,11H2,1-2H3,(H,21,25)(H,22,26)(H,23,24)/p-1/b20-10-. The van der Waals surface area contributed by atoms with Gasteiger partial charge in [0.05, 0.1) is 32.1 Å². The third kappa shape index (κ3) is 6.24. The van der Waals surface area contributed by atoms with Crippen LogP contribution in [-0.4, -0.2) is 44.8 Å². The van der Waals surface area contributed by atoms with Gasteiger partial charge in [-0.15, -0.1) is 0 Å². The molecule has 0 heterocycles. The summed E-state index contributed by atoms with van der Waals surface area (Å²) in [6, 6.07) is 11.2. The zero-order valence-electron chi connectivity index (χ0n) is 15.6. The molecule has 0 saturated heterocycles. The van der Waals surface area contributed by atoms with Crippen molar-refractivity contribution in [3.63, 3.8) is 0 Å². The number of rotatable bonds is 8. The number of amides is 2. The van der Waals surface area contributed by atoms with Crippen molar-refractivity contribution >= 4 is 29.7 Å². The number of hydrogen-bond acceptors (Lipinski definition) is 8. The largest absolute Gasteiger partial charge is 0.546 e. The molecule has 0 atom stereocenters. The molecule has 0 radical (unpaired) electrons. The predicted octanol–water partition coefficient (Wildman–Crippen LogP) is -0.0787. The van der Waals surface area contributed by atoms with E-state index in [1.54, 1.807) is 30.3 Å². The second kappa shape index (κ2) is 10.3. The van der Waals surface area contributed by atoms with Gasteiger partial charge in [0.2, 0.25) is 0 Å². The number of para-hydroxylation sites is 2. The van der Waals surface area contributed by atoms with Gasteiger partial charge in [-0.3, -0.25) is 9.59 Å². The number of carboxylic acid groups (broad SMARTS) is 1. The highest BCUT2D eigenvalue weighted by Gasteiger charge is 2.15. The molecule has 10 nitrogen and oxygen atoms in total. The van der Waals surface area contributed by atoms with Crippen molar-refractivity contribution in [3.8, 4) is 17.2 Å². The molecule has 2 N–H and O–H groups in total. The highest BCUT2D eigenvalue weighted by molar-refractivity contribution is 6.39. The molecule has 2 aromatic carbocycles. The maximum Gasteiger partial charge on any atom is 0.329 e. The Bertz CT molecular complexity index is 928. The van der Waals surface area contributed by atoms with Gasteiger partial charge in [-0.1, -0.05) is 12.1 Å². The number of ether oxygens (including phenoxy) is 3. The number of aliphatic carboxylic acids is 1. The average Bonchev–Trinajstić information content (AvgIpc) is 2.72. The highest BCUT2D eigenvalue weighted by atomic mass is 16.5. The summed E-state index contributed by atoms with van der Waals surface area (Å²) < 4.78 is 15.2. The van der Waals surface area contributed by atoms with Gasteiger partial charge >= 0.3 is 11.8 Å². The van der Waals surface area contributed by atoms with Crippen molar-refractivity contribution in [2.75, 3.05) is 26.1 Å². The van der Waals surface area contributed by atoms with Crippen LogP contribution in [0.15, 0.2) is 47.6 Å². The Balaban J connectivity index is 1.96. The normalized spacial score (nSPS) is 10.3. The fourth-order valence-electron chi connectivity index (χ4n) is 2.16. The van der Waals surface area contributed by atoms with Crippen LogP contribution in [0.2, 0.25) is 0 Å². The van der Waals surface area contributed by atoms with Crippen LogP contribution in [0.3, 0.4) is 0 Å². The van der Waals surface area contributed by atoms with Gasteiger partial charge in [-0.25, -0.2) is 5.43 Å². The molecule has 10 heteroatoms. The van der Waals surface area contributed by atoms with E-state index in [9.17, 15) is 19.5 Å². The van der Waals surface area contributed by atoms with Crippen LogP contribution in [0.1, 0.15) is 5.56 Å². The van der Waals surface area contributed by atoms with Crippen LogP contribution < -0.4 is 30.1 Å². The molecule has 29 heavy (non-hydrogen) atoms. The first kappa shape index (κ1) is 21.2. The second-order valence-electron chi connectivity index (χ2n) is 5.42. The number of hydrogen-bond donors (Lipinski definition) is 2. The third-order valence-corrected chi connectivity index (χ3v) is 3.47. The zero-order chi connectivity index (χ0) is 21.2. The molecule has 0 fully saturated rings. The molecule has 0 aliphatic heterocycles. The Morgan fingerprint density at radius 1 is 1.00 bits per heavy atom. The van der Waals surface area contributed by atoms with Crippen LogP contribution >= 0.6 is 0 Å². The Labute approximate surface area is 166 Å². The van der Waals surface area contributed by atoms with Gasteiger partial charge in [0, 0.05) is 0 Å². The van der Waals surface area contributed by atoms with E-state index < -0.39 is 24.4 Å². The van der Waals surface area contributed by atoms with E-state index in [4.69, 9.17) is 14.2 Å². The molecule has 0 aromatic heterocycles. The number of nitrogens with one attached hydrogen (secondary N) is 2. The van der Waals surface area contributed by atoms with Gasteiger partial charge < -0.3 is 29.4 Å². The summed E-state index contributed by atoms with van der Waals surface area (Å²) >= 11 is 0. The summed E-state index contributed by atoms with van der Waals surface area (Å²) in [6.45, 7) is -0.624. The fourth-order valence-corrected chi connectivity index (χ4v) is 2.16. The third-order valence-electron chi connectivity index (χ3n) is 3.47. The molecule has 0 aliphatic carbocycles. The molecule has 2 amide bonds. The predicted molar refractivity (Wildman–Crippen MR) is 101 cm³/mol. The highest BCUT2D eigenvalue weighted by Crippen LogP contribution is 2.27. The van der Waals surface area contributed by atoms with E-state index in [0.29, 0.717) is 17.0 Å². The molecule has 0 unspecified atom stereocenters. The van der Waals surface area contributed by atoms with Crippen molar-refractivity contribution in [2.45, 2.75) is 0 Å². The topological polar surface area (TPSA) is 138 Å². The minimum Gasteiger partial charge on any atom is -0.546 e. The van der Waals surface area contributed by atoms with Crippen LogP contribution in [-0.2, 0) is 14.4 Å². The minimum absolute atomic E-state index is 0.203. The molecule has 2 aromatic rings. The minimum atomic E-state index is -1.37. The second-order valence-corrected chi connectivity index (χ2v) is 5.42. The molecule has 2 rings (SSSR count). The summed E-state index contributed by atoms with van der Waals surface area (Å²) in [6.07, 6.45) is 1.28. The fraction of sp³-hybridized carbons (Fsp3) is 0.158. The molecular formula is C19H18N3O7-. The quantitative estimate of drug-likeness (QED) is 0.359. The van der Waals surface area contributed by atoms with Crippen LogP contribution in [0.4, 0.5) is 5.69 Å². The molecule has 0 aliphatic rings. The monoisotopic (exact) mass is 400 g/mol. The van der Waals surface area contributed by atoms with Crippen LogP contribution in [0, 0.1) is 0 Å². The van der Waals surface area contributed by atoms with Crippen LogP contribution in [0.25, 0.3) is 0 Å². The van der Waals surface area contributed by atoms with Crippen molar-refractivity contribution in [3.05, 3.63) is 48.0 Å². The van der Waals surface area contributed by atoms with Crippen LogP contribution in [0.5, 0.6) is 17.2 Å². The summed E-state index contributed by atoms with van der Waals surface area (Å²) in [4.78, 5) is 34.3. The van der Waals surface area contributed by atoms with Gasteiger partial charge in [0.15, 0.2) is 11.5 Å². The van der Waals surface area contributed by atoms with E-state index >= 15 is 0 Å². The van der Waals surface area contributed by atoms with Gasteiger partial charge in [-0.05, 0) is 35.9 Å². The summed E-state index contributed by atoms with van der Waals surface area (Å²) in [7, 11) is 2.82. The van der Waals surface area contributed by atoms with Gasteiger partial charge in [-0.2, -0.15) is 5.10 Å². The number of carbonyl (C=O) groups excluding carboxylic acids is 3. The lowest BCUT2D eigenvalue weighted by molar-refractivity contribution is -0.307. The van der Waals surface area contributed by atoms with E-state index in [1.807, 2.05) is 0 Å². The smallest absolute Gasteiger partial charge is 0.329 e. The van der Waals surface area contributed by atoms with E-state index in [-0.39, 0.29) is 11.5 Å². The Kier molecular flexibility index (Phi) is 7.54. The van der Waals surface area contributed by atoms with Gasteiger partial charge in [0.25, 0.3) is 0 Å². The first-order valence-corrected chi connectivity index (χ1v) is 8.22. The lowest BCUT2D eigenvalue weighted by Crippen LogP contribution is -2.32. The molecular weight excluding hydrogens is 382 g/mol. The number of nitrogens with zero attached hydrogens (tertiary/aromatic N) is 1. The van der Waals surface area contributed by atoms with Crippen molar-refractivity contribution < 1.29 is 33.7 Å². The average molecular weight is 400 g/mol.